The van der Waals surface area contributed by atoms with Crippen molar-refractivity contribution >= 4 is 33.6 Å². The number of ether oxygens (including phenoxy) is 1. The van der Waals surface area contributed by atoms with E-state index >= 15 is 0 Å². The van der Waals surface area contributed by atoms with Crippen LogP contribution in [0.1, 0.15) is 26.5 Å². The molecule has 0 unspecified atom stereocenters. The van der Waals surface area contributed by atoms with Gasteiger partial charge in [0.2, 0.25) is 5.91 Å². The maximum absolute atomic E-state index is 11.9. The Morgan fingerprint density at radius 3 is 2.90 bits per heavy atom. The quantitative estimate of drug-likeness (QED) is 0.820. The predicted molar refractivity (Wildman–Crippen MR) is 77.4 cm³/mol. The molecule has 6 nitrogen and oxygen atoms in total. The molecule has 0 saturated heterocycles. The van der Waals surface area contributed by atoms with Gasteiger partial charge in [-0.15, -0.1) is 0 Å². The third-order valence-electron chi connectivity index (χ3n) is 2.60. The fourth-order valence-corrected chi connectivity index (χ4v) is 2.14. The van der Waals surface area contributed by atoms with E-state index in [-0.39, 0.29) is 5.91 Å². The molecule has 0 fully saturated rings. The summed E-state index contributed by atoms with van der Waals surface area (Å²) in [6.07, 6.45) is 1.38. The number of aromatic nitrogens is 1. The van der Waals surface area contributed by atoms with Crippen molar-refractivity contribution in [2.24, 2.45) is 0 Å². The normalized spacial score (nSPS) is 18.0. The molecule has 1 aliphatic rings. The third kappa shape index (κ3) is 3.69. The topological polar surface area (TPSA) is 80.3 Å². The Hall–Kier alpha value is -1.63. The number of alkyl carbamates (subject to hydrolysis) is 1. The van der Waals surface area contributed by atoms with Crippen LogP contribution in [0.25, 0.3) is 0 Å². The first-order valence-electron chi connectivity index (χ1n) is 6.19. The van der Waals surface area contributed by atoms with E-state index in [9.17, 15) is 9.59 Å². The smallest absolute Gasteiger partial charge is 0.408 e. The maximum Gasteiger partial charge on any atom is 0.408 e. The number of halogens is 1. The molecule has 0 aliphatic carbocycles. The van der Waals surface area contributed by atoms with Crippen LogP contribution in [0.4, 0.5) is 10.5 Å². The SMILES string of the molecule is CC(C)(C)OC(=O)N[C@@H]1Cc2ncc(Br)cc2NC1=O. The number of hydrogen-bond acceptors (Lipinski definition) is 4. The van der Waals surface area contributed by atoms with Crippen molar-refractivity contribution in [3.05, 3.63) is 22.4 Å². The van der Waals surface area contributed by atoms with Gasteiger partial charge < -0.3 is 15.4 Å². The molecule has 1 atom stereocenters. The summed E-state index contributed by atoms with van der Waals surface area (Å²) in [5, 5.41) is 5.27. The van der Waals surface area contributed by atoms with Crippen LogP contribution >= 0.6 is 15.9 Å². The monoisotopic (exact) mass is 341 g/mol. The second-order valence-electron chi connectivity index (χ2n) is 5.54. The summed E-state index contributed by atoms with van der Waals surface area (Å²) in [5.74, 6) is -0.275. The molecule has 1 aliphatic heterocycles. The van der Waals surface area contributed by atoms with Gasteiger partial charge in [-0.05, 0) is 42.8 Å². The Labute approximate surface area is 125 Å². The van der Waals surface area contributed by atoms with Crippen LogP contribution in [-0.2, 0) is 16.0 Å². The number of amides is 2. The zero-order valence-electron chi connectivity index (χ0n) is 11.5. The van der Waals surface area contributed by atoms with Gasteiger partial charge in [0.25, 0.3) is 0 Å². The molecule has 0 spiro atoms. The van der Waals surface area contributed by atoms with Crippen molar-refractivity contribution < 1.29 is 14.3 Å². The van der Waals surface area contributed by atoms with Crippen LogP contribution in [0.5, 0.6) is 0 Å². The highest BCUT2D eigenvalue weighted by atomic mass is 79.9. The summed E-state index contributed by atoms with van der Waals surface area (Å²) >= 11 is 3.30. The number of carbonyl (C=O) groups excluding carboxylic acids is 2. The molecule has 20 heavy (non-hydrogen) atoms. The lowest BCUT2D eigenvalue weighted by Gasteiger charge is -2.26. The number of carbonyl (C=O) groups is 2. The number of rotatable bonds is 1. The number of anilines is 1. The molecule has 0 bridgehead atoms. The zero-order valence-corrected chi connectivity index (χ0v) is 13.1. The van der Waals surface area contributed by atoms with Crippen LogP contribution in [0.15, 0.2) is 16.7 Å². The van der Waals surface area contributed by atoms with Crippen molar-refractivity contribution in [1.29, 1.82) is 0 Å². The van der Waals surface area contributed by atoms with Gasteiger partial charge in [0.1, 0.15) is 11.6 Å². The molecule has 1 aromatic heterocycles. The molecule has 0 saturated carbocycles. The Morgan fingerprint density at radius 2 is 2.25 bits per heavy atom. The highest BCUT2D eigenvalue weighted by Gasteiger charge is 2.30. The molecule has 2 N–H and O–H groups in total. The van der Waals surface area contributed by atoms with Gasteiger partial charge >= 0.3 is 6.09 Å². The minimum Gasteiger partial charge on any atom is -0.444 e. The molecule has 7 heteroatoms. The highest BCUT2D eigenvalue weighted by molar-refractivity contribution is 9.10. The van der Waals surface area contributed by atoms with E-state index in [1.807, 2.05) is 0 Å². The minimum atomic E-state index is -0.675. The van der Waals surface area contributed by atoms with E-state index in [0.717, 1.165) is 10.2 Å². The standard InChI is InChI=1S/C13H16BrN3O3/c1-13(2,3)20-12(19)17-10-5-8-9(16-11(10)18)4-7(14)6-15-8/h4,6,10H,5H2,1-3H3,(H,16,18)(H,17,19)/t10-/m1/s1. The molecule has 2 heterocycles. The average Bonchev–Trinajstić information content (AvgIpc) is 2.28. The summed E-state index contributed by atoms with van der Waals surface area (Å²) in [5.41, 5.74) is 0.788. The van der Waals surface area contributed by atoms with Crippen LogP contribution in [0.3, 0.4) is 0 Å². The Bertz CT molecular complexity index is 554. The molecule has 108 valence electrons. The first kappa shape index (κ1) is 14.8. The number of fused-ring (bicyclic) bond motifs is 1. The summed E-state index contributed by atoms with van der Waals surface area (Å²) in [7, 11) is 0. The summed E-state index contributed by atoms with van der Waals surface area (Å²) < 4.78 is 5.93. The zero-order chi connectivity index (χ0) is 14.9. The van der Waals surface area contributed by atoms with E-state index < -0.39 is 17.7 Å². The Balaban J connectivity index is 2.06. The lowest BCUT2D eigenvalue weighted by Crippen LogP contribution is -2.49. The van der Waals surface area contributed by atoms with Crippen LogP contribution in [-0.4, -0.2) is 28.6 Å². The first-order chi connectivity index (χ1) is 9.24. The summed E-state index contributed by atoms with van der Waals surface area (Å²) in [6, 6.07) is 1.11. The Morgan fingerprint density at radius 1 is 1.55 bits per heavy atom. The van der Waals surface area contributed by atoms with Crippen molar-refractivity contribution in [3.8, 4) is 0 Å². The molecule has 2 amide bonds. The van der Waals surface area contributed by atoms with E-state index in [4.69, 9.17) is 4.74 Å². The van der Waals surface area contributed by atoms with E-state index in [1.54, 1.807) is 33.0 Å². The molecule has 2 rings (SSSR count). The number of nitrogens with zero attached hydrogens (tertiary/aromatic N) is 1. The Kier molecular flexibility index (Phi) is 3.99. The fourth-order valence-electron chi connectivity index (χ4n) is 1.81. The van der Waals surface area contributed by atoms with Gasteiger partial charge in [-0.25, -0.2) is 4.79 Å². The van der Waals surface area contributed by atoms with Gasteiger partial charge in [0.15, 0.2) is 0 Å². The summed E-state index contributed by atoms with van der Waals surface area (Å²) in [6.45, 7) is 5.30. The fraction of sp³-hybridized carbons (Fsp3) is 0.462. The van der Waals surface area contributed by atoms with Crippen LogP contribution in [0.2, 0.25) is 0 Å². The largest absolute Gasteiger partial charge is 0.444 e. The number of hydrogen-bond donors (Lipinski definition) is 2. The van der Waals surface area contributed by atoms with E-state index in [2.05, 4.69) is 31.5 Å². The van der Waals surface area contributed by atoms with Crippen LogP contribution in [0, 0.1) is 0 Å². The van der Waals surface area contributed by atoms with Crippen LogP contribution < -0.4 is 10.6 Å². The van der Waals surface area contributed by atoms with Gasteiger partial charge in [-0.2, -0.15) is 0 Å². The van der Waals surface area contributed by atoms with Crippen molar-refractivity contribution in [3.63, 3.8) is 0 Å². The van der Waals surface area contributed by atoms with Gasteiger partial charge in [0.05, 0.1) is 11.4 Å². The molecular weight excluding hydrogens is 326 g/mol. The van der Waals surface area contributed by atoms with E-state index in [0.29, 0.717) is 12.1 Å². The highest BCUT2D eigenvalue weighted by Crippen LogP contribution is 2.24. The van der Waals surface area contributed by atoms with Crippen molar-refractivity contribution in [2.75, 3.05) is 5.32 Å². The van der Waals surface area contributed by atoms with Gasteiger partial charge in [-0.1, -0.05) is 0 Å². The third-order valence-corrected chi connectivity index (χ3v) is 3.03. The van der Waals surface area contributed by atoms with Crippen molar-refractivity contribution in [1.82, 2.24) is 10.3 Å². The second kappa shape index (κ2) is 5.40. The molecule has 1 aromatic rings. The lowest BCUT2D eigenvalue weighted by molar-refractivity contribution is -0.118. The maximum atomic E-state index is 11.9. The summed E-state index contributed by atoms with van der Waals surface area (Å²) in [4.78, 5) is 27.9. The van der Waals surface area contributed by atoms with E-state index in [1.165, 1.54) is 0 Å². The second-order valence-corrected chi connectivity index (χ2v) is 6.46. The van der Waals surface area contributed by atoms with Gasteiger partial charge in [-0.3, -0.25) is 9.78 Å². The van der Waals surface area contributed by atoms with Gasteiger partial charge in [0, 0.05) is 17.1 Å². The first-order valence-corrected chi connectivity index (χ1v) is 6.99. The number of pyridine rings is 1. The average molecular weight is 342 g/mol. The molecular formula is C13H16BrN3O3. The minimum absolute atomic E-state index is 0.275. The lowest BCUT2D eigenvalue weighted by atomic mass is 10.0. The molecule has 0 radical (unpaired) electrons. The predicted octanol–water partition coefficient (Wildman–Crippen LogP) is 2.23. The van der Waals surface area contributed by atoms with Crippen molar-refractivity contribution in [2.45, 2.75) is 38.8 Å². The molecule has 0 aromatic carbocycles. The number of nitrogens with one attached hydrogen (secondary N) is 2.